The van der Waals surface area contributed by atoms with Gasteiger partial charge in [0.15, 0.2) is 5.78 Å². The van der Waals surface area contributed by atoms with Crippen molar-refractivity contribution in [3.8, 4) is 0 Å². The zero-order valence-corrected chi connectivity index (χ0v) is 16.7. The van der Waals surface area contributed by atoms with Gasteiger partial charge in [-0.1, -0.05) is 18.2 Å². The fraction of sp³-hybridized carbons (Fsp3) is 0.300. The molecule has 1 aliphatic heterocycles. The van der Waals surface area contributed by atoms with Gasteiger partial charge in [0.05, 0.1) is 17.3 Å². The van der Waals surface area contributed by atoms with Gasteiger partial charge in [-0.05, 0) is 44.5 Å². The molecular formula is C20H21N3O4S. The van der Waals surface area contributed by atoms with Crippen LogP contribution in [-0.4, -0.2) is 36.0 Å². The third-order valence-corrected chi connectivity index (χ3v) is 5.41. The number of hydrazone groups is 1. The van der Waals surface area contributed by atoms with Gasteiger partial charge in [-0.15, -0.1) is 11.3 Å². The van der Waals surface area contributed by atoms with Crippen LogP contribution in [0.4, 0.5) is 10.7 Å². The zero-order chi connectivity index (χ0) is 20.3. The highest BCUT2D eigenvalue weighted by Gasteiger charge is 2.34. The van der Waals surface area contributed by atoms with Crippen molar-refractivity contribution >= 4 is 45.4 Å². The first-order valence-corrected chi connectivity index (χ1v) is 9.73. The van der Waals surface area contributed by atoms with E-state index < -0.39 is 12.0 Å². The number of para-hydroxylation sites is 1. The highest BCUT2D eigenvalue weighted by molar-refractivity contribution is 7.18. The van der Waals surface area contributed by atoms with Crippen molar-refractivity contribution in [2.24, 2.45) is 5.10 Å². The monoisotopic (exact) mass is 399 g/mol. The number of carbonyl (C=O) groups is 3. The fourth-order valence-corrected chi connectivity index (χ4v) is 3.87. The summed E-state index contributed by atoms with van der Waals surface area (Å²) in [6.45, 7) is 5.31. The second kappa shape index (κ2) is 8.35. The van der Waals surface area contributed by atoms with E-state index in [2.05, 4.69) is 10.4 Å². The Bertz CT molecular complexity index is 936. The molecule has 1 N–H and O–H groups in total. The molecule has 146 valence electrons. The van der Waals surface area contributed by atoms with Gasteiger partial charge in [0, 0.05) is 6.42 Å². The van der Waals surface area contributed by atoms with E-state index in [4.69, 9.17) is 4.74 Å². The summed E-state index contributed by atoms with van der Waals surface area (Å²) in [5.74, 6) is -0.857. The lowest BCUT2D eigenvalue weighted by Gasteiger charge is -2.20. The Balaban J connectivity index is 1.78. The van der Waals surface area contributed by atoms with Crippen molar-refractivity contribution in [3.63, 3.8) is 0 Å². The van der Waals surface area contributed by atoms with E-state index in [1.54, 1.807) is 24.9 Å². The molecule has 0 saturated heterocycles. The van der Waals surface area contributed by atoms with Crippen molar-refractivity contribution in [2.75, 3.05) is 16.9 Å². The van der Waals surface area contributed by atoms with Gasteiger partial charge in [-0.3, -0.25) is 14.6 Å². The smallest absolute Gasteiger partial charge is 0.348 e. The van der Waals surface area contributed by atoms with E-state index in [-0.39, 0.29) is 30.4 Å². The Labute approximate surface area is 167 Å². The van der Waals surface area contributed by atoms with E-state index in [0.717, 1.165) is 22.6 Å². The number of nitrogens with one attached hydrogen (secondary N) is 1. The van der Waals surface area contributed by atoms with Crippen LogP contribution < -0.4 is 10.3 Å². The van der Waals surface area contributed by atoms with Crippen LogP contribution in [0.2, 0.25) is 0 Å². The van der Waals surface area contributed by atoms with E-state index in [1.807, 2.05) is 30.3 Å². The van der Waals surface area contributed by atoms with E-state index in [9.17, 15) is 14.4 Å². The molecule has 28 heavy (non-hydrogen) atoms. The number of amides is 1. The van der Waals surface area contributed by atoms with Gasteiger partial charge >= 0.3 is 5.97 Å². The van der Waals surface area contributed by atoms with Crippen molar-refractivity contribution in [2.45, 2.75) is 33.2 Å². The van der Waals surface area contributed by atoms with Crippen LogP contribution in [0.3, 0.4) is 0 Å². The largest absolute Gasteiger partial charge is 0.462 e. The minimum atomic E-state index is -0.511. The Hall–Kier alpha value is -3.00. The summed E-state index contributed by atoms with van der Waals surface area (Å²) in [5, 5.41) is 9.27. The molecule has 1 atom stereocenters. The molecule has 0 radical (unpaired) electrons. The fourth-order valence-electron chi connectivity index (χ4n) is 2.91. The number of hydrogen-bond donors (Lipinski definition) is 1. The molecule has 0 saturated carbocycles. The van der Waals surface area contributed by atoms with Gasteiger partial charge in [0.1, 0.15) is 16.6 Å². The normalized spacial score (nSPS) is 15.9. The van der Waals surface area contributed by atoms with Gasteiger partial charge in [-0.25, -0.2) is 4.79 Å². The molecule has 2 heterocycles. The average Bonchev–Trinajstić information content (AvgIpc) is 3.27. The molecule has 0 spiro atoms. The van der Waals surface area contributed by atoms with E-state index >= 15 is 0 Å². The molecule has 1 amide bonds. The standard InChI is InChI=1S/C20H21N3O4S/c1-4-27-20(26)18-12(2)10-17(28-18)21-19(25)15-11-16(13(3)24)23(22-15)14-8-6-5-7-9-14/h5-10,16H,4,11H2,1-3H3,(H,21,25). The maximum atomic E-state index is 12.7. The quantitative estimate of drug-likeness (QED) is 0.752. The number of aryl methyl sites for hydroxylation is 1. The molecule has 8 heteroatoms. The molecule has 1 unspecified atom stereocenters. The maximum absolute atomic E-state index is 12.7. The van der Waals surface area contributed by atoms with Gasteiger partial charge in [-0.2, -0.15) is 5.10 Å². The van der Waals surface area contributed by atoms with Crippen LogP contribution in [0, 0.1) is 6.92 Å². The van der Waals surface area contributed by atoms with Crippen molar-refractivity contribution in [3.05, 3.63) is 46.8 Å². The first-order valence-electron chi connectivity index (χ1n) is 8.91. The summed E-state index contributed by atoms with van der Waals surface area (Å²) >= 11 is 1.16. The third kappa shape index (κ3) is 4.12. The van der Waals surface area contributed by atoms with Crippen LogP contribution in [0.15, 0.2) is 41.5 Å². The highest BCUT2D eigenvalue weighted by atomic mass is 32.1. The summed E-state index contributed by atoms with van der Waals surface area (Å²) in [4.78, 5) is 37.1. The predicted octanol–water partition coefficient (Wildman–Crippen LogP) is 3.40. The van der Waals surface area contributed by atoms with E-state index in [0.29, 0.717) is 9.88 Å². The second-order valence-corrected chi connectivity index (χ2v) is 7.41. The summed E-state index contributed by atoms with van der Waals surface area (Å²) in [6.07, 6.45) is 0.227. The predicted molar refractivity (Wildman–Crippen MR) is 109 cm³/mol. The lowest BCUT2D eigenvalue weighted by atomic mass is 10.1. The molecule has 3 rings (SSSR count). The molecule has 0 fully saturated rings. The zero-order valence-electron chi connectivity index (χ0n) is 15.9. The second-order valence-electron chi connectivity index (χ2n) is 6.35. The molecule has 2 aromatic rings. The number of anilines is 2. The van der Waals surface area contributed by atoms with Gasteiger partial charge < -0.3 is 10.1 Å². The molecular weight excluding hydrogens is 378 g/mol. The molecule has 7 nitrogen and oxygen atoms in total. The number of Topliss-reactive ketones (excluding diaryl/α,β-unsaturated/α-hetero) is 1. The van der Waals surface area contributed by atoms with Gasteiger partial charge in [0.25, 0.3) is 5.91 Å². The van der Waals surface area contributed by atoms with Crippen molar-refractivity contribution in [1.82, 2.24) is 0 Å². The van der Waals surface area contributed by atoms with Gasteiger partial charge in [0.2, 0.25) is 0 Å². The molecule has 0 aliphatic carbocycles. The summed E-state index contributed by atoms with van der Waals surface area (Å²) in [5.41, 5.74) is 1.76. The van der Waals surface area contributed by atoms with Crippen LogP contribution in [0.1, 0.15) is 35.5 Å². The Morgan fingerprint density at radius 3 is 2.64 bits per heavy atom. The average molecular weight is 399 g/mol. The number of benzene rings is 1. The Kier molecular flexibility index (Phi) is 5.89. The number of ketones is 1. The number of thiophene rings is 1. The molecule has 1 aliphatic rings. The molecule has 0 bridgehead atoms. The summed E-state index contributed by atoms with van der Waals surface area (Å²) in [6, 6.07) is 10.5. The third-order valence-electron chi connectivity index (χ3n) is 4.28. The van der Waals surface area contributed by atoms with Crippen molar-refractivity contribution in [1.29, 1.82) is 0 Å². The number of hydrogen-bond acceptors (Lipinski definition) is 7. The van der Waals surface area contributed by atoms with Crippen LogP contribution in [0.5, 0.6) is 0 Å². The first kappa shape index (κ1) is 19.8. The van der Waals surface area contributed by atoms with Crippen molar-refractivity contribution < 1.29 is 19.1 Å². The minimum absolute atomic E-state index is 0.0630. The maximum Gasteiger partial charge on any atom is 0.348 e. The lowest BCUT2D eigenvalue weighted by Crippen LogP contribution is -2.33. The molecule has 1 aromatic carbocycles. The van der Waals surface area contributed by atoms with E-state index in [1.165, 1.54) is 6.92 Å². The minimum Gasteiger partial charge on any atom is -0.462 e. The lowest BCUT2D eigenvalue weighted by molar-refractivity contribution is -0.118. The number of rotatable bonds is 6. The number of nitrogens with zero attached hydrogens (tertiary/aromatic N) is 2. The van der Waals surface area contributed by atoms with Crippen LogP contribution >= 0.6 is 11.3 Å². The number of ether oxygens (including phenoxy) is 1. The summed E-state index contributed by atoms with van der Waals surface area (Å²) < 4.78 is 5.02. The highest BCUT2D eigenvalue weighted by Crippen LogP contribution is 2.29. The first-order chi connectivity index (χ1) is 13.4. The van der Waals surface area contributed by atoms with Crippen LogP contribution in [-0.2, 0) is 14.3 Å². The molecule has 1 aromatic heterocycles. The van der Waals surface area contributed by atoms with Crippen LogP contribution in [0.25, 0.3) is 0 Å². The number of carbonyl (C=O) groups excluding carboxylic acids is 3. The number of esters is 1. The topological polar surface area (TPSA) is 88.1 Å². The Morgan fingerprint density at radius 2 is 2.00 bits per heavy atom. The summed E-state index contributed by atoms with van der Waals surface area (Å²) in [7, 11) is 0. The Morgan fingerprint density at radius 1 is 1.29 bits per heavy atom. The SMILES string of the molecule is CCOC(=O)c1sc(NC(=O)C2=NN(c3ccccc3)C(C(C)=O)C2)cc1C.